The number of hydrogen-bond acceptors (Lipinski definition) is 1. The van der Waals surface area contributed by atoms with E-state index in [0.29, 0.717) is 0 Å². The Labute approximate surface area is 113 Å². The van der Waals surface area contributed by atoms with Crippen molar-refractivity contribution in [3.63, 3.8) is 0 Å². The van der Waals surface area contributed by atoms with E-state index in [1.54, 1.807) is 0 Å². The normalized spacial score (nSPS) is 10.8. The van der Waals surface area contributed by atoms with Crippen LogP contribution in [0.15, 0.2) is 54.6 Å². The van der Waals surface area contributed by atoms with Crippen molar-refractivity contribution in [2.75, 3.05) is 5.73 Å². The van der Waals surface area contributed by atoms with E-state index in [1.165, 1.54) is 27.5 Å². The summed E-state index contributed by atoms with van der Waals surface area (Å²) >= 11 is 0. The minimum atomic E-state index is 0.847. The number of hydrogen-bond donors (Lipinski definition) is 1. The molecule has 0 aliphatic rings. The summed E-state index contributed by atoms with van der Waals surface area (Å²) in [5.41, 5.74) is 12.0. The Hall–Kier alpha value is -2.28. The van der Waals surface area contributed by atoms with E-state index in [4.69, 9.17) is 5.73 Å². The van der Waals surface area contributed by atoms with Crippen LogP contribution in [0.3, 0.4) is 0 Å². The van der Waals surface area contributed by atoms with Crippen LogP contribution in [-0.2, 0) is 0 Å². The van der Waals surface area contributed by atoms with Crippen LogP contribution in [0.5, 0.6) is 0 Å². The van der Waals surface area contributed by atoms with E-state index in [2.05, 4.69) is 56.3 Å². The predicted molar refractivity (Wildman–Crippen MR) is 83.3 cm³/mol. The van der Waals surface area contributed by atoms with Crippen molar-refractivity contribution in [1.82, 2.24) is 0 Å². The van der Waals surface area contributed by atoms with Crippen molar-refractivity contribution >= 4 is 16.5 Å². The number of rotatable bonds is 1. The van der Waals surface area contributed by atoms with Crippen LogP contribution < -0.4 is 5.73 Å². The molecule has 0 atom stereocenters. The Morgan fingerprint density at radius 2 is 1.42 bits per heavy atom. The van der Waals surface area contributed by atoms with Crippen LogP contribution >= 0.6 is 0 Å². The van der Waals surface area contributed by atoms with Crippen LogP contribution in [0.1, 0.15) is 11.1 Å². The Morgan fingerprint density at radius 1 is 0.684 bits per heavy atom. The SMILES string of the molecule is Cc1cccc(N)c1-c1c(C)ccc2ccccc12. The molecular weight excluding hydrogens is 230 g/mol. The molecule has 94 valence electrons. The van der Waals surface area contributed by atoms with E-state index < -0.39 is 0 Å². The Balaban J connectivity index is 2.46. The summed E-state index contributed by atoms with van der Waals surface area (Å²) in [5.74, 6) is 0. The summed E-state index contributed by atoms with van der Waals surface area (Å²) < 4.78 is 0. The zero-order chi connectivity index (χ0) is 13.4. The van der Waals surface area contributed by atoms with Crippen LogP contribution in [0.25, 0.3) is 21.9 Å². The first-order valence-corrected chi connectivity index (χ1v) is 6.52. The average Bonchev–Trinajstić information content (AvgIpc) is 2.41. The molecule has 3 rings (SSSR count). The number of nitrogens with two attached hydrogens (primary N) is 1. The molecule has 3 aromatic rings. The number of anilines is 1. The zero-order valence-electron chi connectivity index (χ0n) is 11.3. The maximum atomic E-state index is 6.21. The number of fused-ring (bicyclic) bond motifs is 1. The van der Waals surface area contributed by atoms with Crippen molar-refractivity contribution in [2.45, 2.75) is 13.8 Å². The average molecular weight is 247 g/mol. The van der Waals surface area contributed by atoms with Crippen LogP contribution in [0.2, 0.25) is 0 Å². The fourth-order valence-corrected chi connectivity index (χ4v) is 2.74. The first-order valence-electron chi connectivity index (χ1n) is 6.52. The van der Waals surface area contributed by atoms with Crippen molar-refractivity contribution in [3.05, 3.63) is 65.7 Å². The fourth-order valence-electron chi connectivity index (χ4n) is 2.74. The van der Waals surface area contributed by atoms with Gasteiger partial charge in [-0.1, -0.05) is 48.5 Å². The van der Waals surface area contributed by atoms with Gasteiger partial charge in [-0.3, -0.25) is 0 Å². The second-order valence-electron chi connectivity index (χ2n) is 5.02. The smallest absolute Gasteiger partial charge is 0.0396 e. The van der Waals surface area contributed by atoms with Gasteiger partial charge >= 0.3 is 0 Å². The van der Waals surface area contributed by atoms with E-state index >= 15 is 0 Å². The second kappa shape index (κ2) is 4.43. The summed E-state index contributed by atoms with van der Waals surface area (Å²) in [6.45, 7) is 4.26. The van der Waals surface area contributed by atoms with Crippen LogP contribution in [0.4, 0.5) is 5.69 Å². The van der Waals surface area contributed by atoms with Crippen molar-refractivity contribution in [3.8, 4) is 11.1 Å². The van der Waals surface area contributed by atoms with Gasteiger partial charge in [-0.05, 0) is 47.4 Å². The molecule has 0 amide bonds. The Morgan fingerprint density at radius 3 is 2.21 bits per heavy atom. The van der Waals surface area contributed by atoms with Gasteiger partial charge in [-0.2, -0.15) is 0 Å². The Bertz CT molecular complexity index is 736. The maximum Gasteiger partial charge on any atom is 0.0396 e. The number of benzene rings is 3. The molecule has 3 aromatic carbocycles. The van der Waals surface area contributed by atoms with Gasteiger partial charge in [-0.15, -0.1) is 0 Å². The van der Waals surface area contributed by atoms with E-state index in [1.807, 2.05) is 12.1 Å². The number of nitrogen functional groups attached to an aromatic ring is 1. The maximum absolute atomic E-state index is 6.21. The van der Waals surface area contributed by atoms with Gasteiger partial charge in [0.1, 0.15) is 0 Å². The molecule has 0 saturated heterocycles. The summed E-state index contributed by atoms with van der Waals surface area (Å²) in [6.07, 6.45) is 0. The molecule has 0 aliphatic carbocycles. The fraction of sp³-hybridized carbons (Fsp3) is 0.111. The largest absolute Gasteiger partial charge is 0.398 e. The van der Waals surface area contributed by atoms with Crippen molar-refractivity contribution in [2.24, 2.45) is 0 Å². The summed E-state index contributed by atoms with van der Waals surface area (Å²) in [5, 5.41) is 2.52. The topological polar surface area (TPSA) is 26.0 Å². The molecule has 0 aromatic heterocycles. The van der Waals surface area contributed by atoms with Gasteiger partial charge < -0.3 is 5.73 Å². The molecule has 0 heterocycles. The highest BCUT2D eigenvalue weighted by atomic mass is 14.6. The molecule has 0 unspecified atom stereocenters. The Kier molecular flexibility index (Phi) is 2.75. The highest BCUT2D eigenvalue weighted by molar-refractivity contribution is 6.01. The first-order chi connectivity index (χ1) is 9.18. The quantitative estimate of drug-likeness (QED) is 0.619. The third-order valence-corrected chi connectivity index (χ3v) is 3.69. The highest BCUT2D eigenvalue weighted by Crippen LogP contribution is 2.37. The highest BCUT2D eigenvalue weighted by Gasteiger charge is 2.12. The van der Waals surface area contributed by atoms with E-state index in [0.717, 1.165) is 11.3 Å². The predicted octanol–water partition coefficient (Wildman–Crippen LogP) is 4.71. The monoisotopic (exact) mass is 247 g/mol. The molecular formula is C18H17N. The molecule has 0 aliphatic heterocycles. The second-order valence-corrected chi connectivity index (χ2v) is 5.02. The summed E-state index contributed by atoms with van der Waals surface area (Å²) in [4.78, 5) is 0. The third-order valence-electron chi connectivity index (χ3n) is 3.69. The standard InChI is InChI=1S/C18H17N/c1-12-6-5-9-16(19)18(12)17-13(2)10-11-14-7-3-4-8-15(14)17/h3-11H,19H2,1-2H3. The molecule has 1 heteroatoms. The molecule has 0 saturated carbocycles. The molecule has 1 nitrogen and oxygen atoms in total. The molecule has 19 heavy (non-hydrogen) atoms. The lowest BCUT2D eigenvalue weighted by atomic mass is 9.90. The molecule has 2 N–H and O–H groups in total. The first kappa shape index (κ1) is 11.8. The molecule has 0 bridgehead atoms. The van der Waals surface area contributed by atoms with Gasteiger partial charge in [0.15, 0.2) is 0 Å². The lowest BCUT2D eigenvalue weighted by Crippen LogP contribution is -1.95. The minimum Gasteiger partial charge on any atom is -0.398 e. The van der Waals surface area contributed by atoms with E-state index in [9.17, 15) is 0 Å². The van der Waals surface area contributed by atoms with Crippen LogP contribution in [0, 0.1) is 13.8 Å². The summed E-state index contributed by atoms with van der Waals surface area (Å²) in [6, 6.07) is 18.9. The zero-order valence-corrected chi connectivity index (χ0v) is 11.3. The van der Waals surface area contributed by atoms with Gasteiger partial charge in [0.05, 0.1) is 0 Å². The number of aryl methyl sites for hydroxylation is 2. The lowest BCUT2D eigenvalue weighted by Gasteiger charge is -2.15. The van der Waals surface area contributed by atoms with Crippen molar-refractivity contribution < 1.29 is 0 Å². The molecule has 0 radical (unpaired) electrons. The van der Waals surface area contributed by atoms with Gasteiger partial charge in [0.2, 0.25) is 0 Å². The van der Waals surface area contributed by atoms with E-state index in [-0.39, 0.29) is 0 Å². The molecule has 0 fully saturated rings. The van der Waals surface area contributed by atoms with Gasteiger partial charge in [-0.25, -0.2) is 0 Å². The minimum absolute atomic E-state index is 0.847. The van der Waals surface area contributed by atoms with Gasteiger partial charge in [0.25, 0.3) is 0 Å². The van der Waals surface area contributed by atoms with Gasteiger partial charge in [0, 0.05) is 11.3 Å². The summed E-state index contributed by atoms with van der Waals surface area (Å²) in [7, 11) is 0. The van der Waals surface area contributed by atoms with Crippen molar-refractivity contribution in [1.29, 1.82) is 0 Å². The van der Waals surface area contributed by atoms with Crippen LogP contribution in [-0.4, -0.2) is 0 Å². The lowest BCUT2D eigenvalue weighted by molar-refractivity contribution is 1.43. The third kappa shape index (κ3) is 1.88. The molecule has 0 spiro atoms.